The molecule has 0 spiro atoms. The summed E-state index contributed by atoms with van der Waals surface area (Å²) in [6, 6.07) is 7.61. The van der Waals surface area contributed by atoms with E-state index in [0.29, 0.717) is 5.56 Å². The van der Waals surface area contributed by atoms with Gasteiger partial charge in [-0.15, -0.1) is 0 Å². The van der Waals surface area contributed by atoms with Crippen molar-refractivity contribution in [2.24, 2.45) is 5.73 Å². The summed E-state index contributed by atoms with van der Waals surface area (Å²) in [5.74, 6) is -0.359. The number of nitrogens with one attached hydrogen (secondary N) is 1. The zero-order valence-electron chi connectivity index (χ0n) is 10.7. The van der Waals surface area contributed by atoms with Crippen molar-refractivity contribution in [1.29, 1.82) is 0 Å². The topological polar surface area (TPSA) is 58.4 Å². The van der Waals surface area contributed by atoms with E-state index in [1.165, 1.54) is 5.56 Å². The molecule has 1 fully saturated rings. The fourth-order valence-electron chi connectivity index (χ4n) is 2.28. The molecule has 1 aromatic carbocycles. The highest BCUT2D eigenvalue weighted by atomic mass is 16.1. The van der Waals surface area contributed by atoms with Crippen molar-refractivity contribution in [1.82, 2.24) is 10.2 Å². The average molecular weight is 247 g/mol. The van der Waals surface area contributed by atoms with Crippen molar-refractivity contribution in [2.75, 3.05) is 32.7 Å². The van der Waals surface area contributed by atoms with Gasteiger partial charge in [0.25, 0.3) is 0 Å². The predicted molar refractivity (Wildman–Crippen MR) is 72.6 cm³/mol. The van der Waals surface area contributed by atoms with Crippen LogP contribution in [0, 0.1) is 0 Å². The molecule has 1 aliphatic rings. The highest BCUT2D eigenvalue weighted by Gasteiger charge is 2.08. The molecule has 0 unspecified atom stereocenters. The molecule has 0 atom stereocenters. The smallest absolute Gasteiger partial charge is 0.248 e. The van der Waals surface area contributed by atoms with Gasteiger partial charge in [0.1, 0.15) is 0 Å². The van der Waals surface area contributed by atoms with E-state index >= 15 is 0 Å². The molecule has 3 N–H and O–H groups in total. The third-order valence-corrected chi connectivity index (χ3v) is 3.39. The normalized spacial score (nSPS) is 16.7. The maximum atomic E-state index is 10.9. The van der Waals surface area contributed by atoms with E-state index in [9.17, 15) is 4.79 Å². The predicted octanol–water partition coefficient (Wildman–Crippen LogP) is 0.623. The van der Waals surface area contributed by atoms with Crippen LogP contribution in [0.3, 0.4) is 0 Å². The van der Waals surface area contributed by atoms with E-state index in [2.05, 4.69) is 10.2 Å². The Balaban J connectivity index is 1.74. The quantitative estimate of drug-likeness (QED) is 0.802. The first kappa shape index (κ1) is 13.1. The molecule has 0 radical (unpaired) electrons. The Morgan fingerprint density at radius 1 is 1.22 bits per heavy atom. The molecule has 98 valence electrons. The van der Waals surface area contributed by atoms with Crippen LogP contribution >= 0.6 is 0 Å². The zero-order chi connectivity index (χ0) is 12.8. The fraction of sp³-hybridized carbons (Fsp3) is 0.500. The first-order valence-electron chi connectivity index (χ1n) is 6.57. The second-order valence-electron chi connectivity index (χ2n) is 4.76. The molecule has 0 bridgehead atoms. The average Bonchev–Trinajstić information content (AvgIpc) is 2.40. The largest absolute Gasteiger partial charge is 0.366 e. The van der Waals surface area contributed by atoms with Gasteiger partial charge >= 0.3 is 0 Å². The number of carbonyl (C=O) groups excluding carboxylic acids is 1. The van der Waals surface area contributed by atoms with Crippen molar-refractivity contribution in [3.8, 4) is 0 Å². The summed E-state index contributed by atoms with van der Waals surface area (Å²) in [4.78, 5) is 13.4. The van der Waals surface area contributed by atoms with E-state index in [1.54, 1.807) is 0 Å². The first-order valence-corrected chi connectivity index (χ1v) is 6.57. The number of aryl methyl sites for hydroxylation is 1. The lowest BCUT2D eigenvalue weighted by Crippen LogP contribution is -2.43. The van der Waals surface area contributed by atoms with Crippen molar-refractivity contribution in [3.63, 3.8) is 0 Å². The van der Waals surface area contributed by atoms with Crippen LogP contribution in [0.25, 0.3) is 0 Å². The van der Waals surface area contributed by atoms with Gasteiger partial charge in [0, 0.05) is 31.7 Å². The summed E-state index contributed by atoms with van der Waals surface area (Å²) >= 11 is 0. The van der Waals surface area contributed by atoms with Crippen LogP contribution in [0.4, 0.5) is 0 Å². The molecule has 1 amide bonds. The monoisotopic (exact) mass is 247 g/mol. The minimum absolute atomic E-state index is 0.359. The van der Waals surface area contributed by atoms with Crippen molar-refractivity contribution >= 4 is 5.91 Å². The van der Waals surface area contributed by atoms with Gasteiger partial charge in [-0.1, -0.05) is 12.1 Å². The van der Waals surface area contributed by atoms with Crippen LogP contribution in [0.1, 0.15) is 22.3 Å². The molecule has 4 nitrogen and oxygen atoms in total. The van der Waals surface area contributed by atoms with Gasteiger partial charge < -0.3 is 16.0 Å². The number of piperazine rings is 1. The Morgan fingerprint density at radius 2 is 1.89 bits per heavy atom. The van der Waals surface area contributed by atoms with Gasteiger partial charge in [0.05, 0.1) is 0 Å². The third-order valence-electron chi connectivity index (χ3n) is 3.39. The van der Waals surface area contributed by atoms with E-state index in [0.717, 1.165) is 45.6 Å². The number of hydrogen-bond donors (Lipinski definition) is 2. The van der Waals surface area contributed by atoms with Gasteiger partial charge in [-0.05, 0) is 37.1 Å². The molecule has 1 aromatic rings. The maximum absolute atomic E-state index is 10.9. The molecule has 1 heterocycles. The number of nitrogens with two attached hydrogens (primary N) is 1. The van der Waals surface area contributed by atoms with Gasteiger partial charge in [-0.3, -0.25) is 4.79 Å². The number of hydrogen-bond acceptors (Lipinski definition) is 3. The number of nitrogens with zero attached hydrogens (tertiary/aromatic N) is 1. The van der Waals surface area contributed by atoms with E-state index < -0.39 is 0 Å². The lowest BCUT2D eigenvalue weighted by Gasteiger charge is -2.27. The number of amides is 1. The number of carbonyl (C=O) groups is 1. The summed E-state index contributed by atoms with van der Waals surface area (Å²) in [7, 11) is 0. The van der Waals surface area contributed by atoms with Crippen LogP contribution in [0.15, 0.2) is 24.3 Å². The summed E-state index contributed by atoms with van der Waals surface area (Å²) in [5.41, 5.74) is 7.07. The van der Waals surface area contributed by atoms with Gasteiger partial charge in [-0.25, -0.2) is 0 Å². The lowest BCUT2D eigenvalue weighted by atomic mass is 10.1. The Kier molecular flexibility index (Phi) is 4.73. The molecule has 1 saturated heterocycles. The minimum Gasteiger partial charge on any atom is -0.366 e. The van der Waals surface area contributed by atoms with Gasteiger partial charge in [0.2, 0.25) is 5.91 Å². The van der Waals surface area contributed by atoms with Crippen LogP contribution in [0.5, 0.6) is 0 Å². The highest BCUT2D eigenvalue weighted by molar-refractivity contribution is 5.92. The second-order valence-corrected chi connectivity index (χ2v) is 4.76. The summed E-state index contributed by atoms with van der Waals surface area (Å²) in [6.07, 6.45) is 2.22. The molecule has 0 saturated carbocycles. The number of rotatable bonds is 5. The van der Waals surface area contributed by atoms with Crippen LogP contribution in [-0.2, 0) is 6.42 Å². The Bertz CT molecular complexity index is 383. The summed E-state index contributed by atoms with van der Waals surface area (Å²) in [5, 5.41) is 3.35. The number of primary amides is 1. The van der Waals surface area contributed by atoms with Gasteiger partial charge in [-0.2, -0.15) is 0 Å². The fourth-order valence-corrected chi connectivity index (χ4v) is 2.28. The molecule has 2 rings (SSSR count). The molecular formula is C14H21N3O. The highest BCUT2D eigenvalue weighted by Crippen LogP contribution is 2.07. The first-order chi connectivity index (χ1) is 8.75. The van der Waals surface area contributed by atoms with Crippen molar-refractivity contribution in [3.05, 3.63) is 35.4 Å². The second kappa shape index (κ2) is 6.52. The summed E-state index contributed by atoms with van der Waals surface area (Å²) < 4.78 is 0. The van der Waals surface area contributed by atoms with Crippen LogP contribution < -0.4 is 11.1 Å². The SMILES string of the molecule is NC(=O)c1ccc(CCCN2CCNCC2)cc1. The Labute approximate surface area is 108 Å². The van der Waals surface area contributed by atoms with Crippen molar-refractivity contribution < 1.29 is 4.79 Å². The molecule has 4 heteroatoms. The standard InChI is InChI=1S/C14H21N3O/c15-14(18)13-5-3-12(4-6-13)2-1-9-17-10-7-16-8-11-17/h3-6,16H,1-2,7-11H2,(H2,15,18). The van der Waals surface area contributed by atoms with E-state index in [-0.39, 0.29) is 5.91 Å². The van der Waals surface area contributed by atoms with Crippen LogP contribution in [-0.4, -0.2) is 43.5 Å². The molecule has 0 aromatic heterocycles. The Hall–Kier alpha value is -1.39. The number of benzene rings is 1. The Morgan fingerprint density at radius 3 is 2.50 bits per heavy atom. The molecule has 0 aliphatic carbocycles. The van der Waals surface area contributed by atoms with E-state index in [4.69, 9.17) is 5.73 Å². The third kappa shape index (κ3) is 3.82. The van der Waals surface area contributed by atoms with E-state index in [1.807, 2.05) is 24.3 Å². The lowest BCUT2D eigenvalue weighted by molar-refractivity contribution is 0.100. The zero-order valence-corrected chi connectivity index (χ0v) is 10.7. The summed E-state index contributed by atoms with van der Waals surface area (Å²) in [6.45, 7) is 5.67. The molecule has 18 heavy (non-hydrogen) atoms. The molecular weight excluding hydrogens is 226 g/mol. The van der Waals surface area contributed by atoms with Crippen molar-refractivity contribution in [2.45, 2.75) is 12.8 Å². The van der Waals surface area contributed by atoms with Crippen LogP contribution in [0.2, 0.25) is 0 Å². The maximum Gasteiger partial charge on any atom is 0.248 e. The van der Waals surface area contributed by atoms with Gasteiger partial charge in [0.15, 0.2) is 0 Å². The molecule has 1 aliphatic heterocycles. The minimum atomic E-state index is -0.359.